The Labute approximate surface area is 145 Å². The quantitative estimate of drug-likeness (QED) is 0.618. The molecule has 1 aliphatic rings. The van der Waals surface area contributed by atoms with Crippen LogP contribution in [0.2, 0.25) is 0 Å². The van der Waals surface area contributed by atoms with Gasteiger partial charge in [0.25, 0.3) is 17.1 Å². The van der Waals surface area contributed by atoms with Crippen molar-refractivity contribution >= 4 is 34.3 Å². The largest absolute Gasteiger partial charge is 0.276 e. The van der Waals surface area contributed by atoms with Crippen molar-refractivity contribution in [2.24, 2.45) is 0 Å². The van der Waals surface area contributed by atoms with E-state index in [9.17, 15) is 14.4 Å². The summed E-state index contributed by atoms with van der Waals surface area (Å²) in [7, 11) is 0. The highest BCUT2D eigenvalue weighted by Gasteiger charge is 2.40. The summed E-state index contributed by atoms with van der Waals surface area (Å²) in [5.74, 6) is -0.792. The Morgan fingerprint density at radius 1 is 1.04 bits per heavy atom. The van der Waals surface area contributed by atoms with Crippen LogP contribution in [0, 0.1) is 6.92 Å². The van der Waals surface area contributed by atoms with Gasteiger partial charge in [0.15, 0.2) is 0 Å². The Morgan fingerprint density at radius 3 is 2.33 bits per heavy atom. The van der Waals surface area contributed by atoms with E-state index in [1.165, 1.54) is 11.0 Å². The van der Waals surface area contributed by atoms with Crippen molar-refractivity contribution in [3.05, 3.63) is 64.2 Å². The highest BCUT2D eigenvalue weighted by Crippen LogP contribution is 2.37. The lowest BCUT2D eigenvalue weighted by Gasteiger charge is -2.22. The third-order valence-corrected chi connectivity index (χ3v) is 4.44. The van der Waals surface area contributed by atoms with Gasteiger partial charge in [-0.05, 0) is 47.7 Å². The molecule has 0 unspecified atom stereocenters. The van der Waals surface area contributed by atoms with Crippen LogP contribution in [0.25, 0.3) is 0 Å². The topological polar surface area (TPSA) is 54.5 Å². The standard InChI is InChI=1S/C19H16ClNO3/c1-10(2)12-7-4-6-11(3)16(12)21-18(23)14-9-5-8-13(17(20)22)15(14)19(21)24/h4-10H,1-3H3. The zero-order chi connectivity index (χ0) is 17.6. The Kier molecular flexibility index (Phi) is 4.01. The maximum absolute atomic E-state index is 13.0. The Morgan fingerprint density at radius 2 is 1.71 bits per heavy atom. The molecule has 1 aliphatic heterocycles. The number of nitrogens with zero attached hydrogens (tertiary/aromatic N) is 1. The molecule has 0 spiro atoms. The average molecular weight is 342 g/mol. The fraction of sp³-hybridized carbons (Fsp3) is 0.211. The van der Waals surface area contributed by atoms with Gasteiger partial charge in [-0.1, -0.05) is 38.1 Å². The molecule has 0 N–H and O–H groups in total. The van der Waals surface area contributed by atoms with Crippen LogP contribution in [0.3, 0.4) is 0 Å². The molecular weight excluding hydrogens is 326 g/mol. The fourth-order valence-corrected chi connectivity index (χ4v) is 3.26. The highest BCUT2D eigenvalue weighted by molar-refractivity contribution is 6.68. The molecule has 0 saturated heterocycles. The molecule has 2 amide bonds. The number of rotatable bonds is 3. The van der Waals surface area contributed by atoms with Crippen LogP contribution in [-0.4, -0.2) is 17.1 Å². The minimum Gasteiger partial charge on any atom is -0.276 e. The number of para-hydroxylation sites is 1. The molecule has 0 aliphatic carbocycles. The number of hydrogen-bond acceptors (Lipinski definition) is 3. The van der Waals surface area contributed by atoms with E-state index in [4.69, 9.17) is 11.6 Å². The van der Waals surface area contributed by atoms with Crippen LogP contribution >= 0.6 is 11.6 Å². The second-order valence-electron chi connectivity index (χ2n) is 6.11. The second kappa shape index (κ2) is 5.87. The van der Waals surface area contributed by atoms with Crippen molar-refractivity contribution in [2.75, 3.05) is 4.90 Å². The summed E-state index contributed by atoms with van der Waals surface area (Å²) in [5, 5.41) is -0.747. The monoisotopic (exact) mass is 341 g/mol. The number of amides is 2. The predicted molar refractivity (Wildman–Crippen MR) is 93.0 cm³/mol. The van der Waals surface area contributed by atoms with E-state index in [2.05, 4.69) is 0 Å². The first-order valence-electron chi connectivity index (χ1n) is 7.65. The number of anilines is 1. The molecule has 4 nitrogen and oxygen atoms in total. The predicted octanol–water partition coefficient (Wildman–Crippen LogP) is 4.30. The molecule has 5 heteroatoms. The van der Waals surface area contributed by atoms with E-state index in [1.54, 1.807) is 12.1 Å². The SMILES string of the molecule is Cc1cccc(C(C)C)c1N1C(=O)c2cccc(C(=O)Cl)c2C1=O. The molecule has 0 aromatic heterocycles. The number of aryl methyl sites for hydroxylation is 1. The third kappa shape index (κ3) is 2.34. The molecule has 0 saturated carbocycles. The number of hydrogen-bond donors (Lipinski definition) is 0. The first kappa shape index (κ1) is 16.4. The minimum atomic E-state index is -0.747. The van der Waals surface area contributed by atoms with Crippen LogP contribution in [-0.2, 0) is 0 Å². The Bertz CT molecular complexity index is 886. The molecule has 0 atom stereocenters. The summed E-state index contributed by atoms with van der Waals surface area (Å²) in [5.41, 5.74) is 2.68. The minimum absolute atomic E-state index is 0.0645. The smallest absolute Gasteiger partial charge is 0.266 e. The molecule has 3 rings (SSSR count). The first-order valence-corrected chi connectivity index (χ1v) is 8.03. The number of fused-ring (bicyclic) bond motifs is 1. The van der Waals surface area contributed by atoms with Crippen molar-refractivity contribution in [1.29, 1.82) is 0 Å². The van der Waals surface area contributed by atoms with E-state index >= 15 is 0 Å². The summed E-state index contributed by atoms with van der Waals surface area (Å²) in [6.45, 7) is 5.87. The fourth-order valence-electron chi connectivity index (χ4n) is 3.11. The van der Waals surface area contributed by atoms with Gasteiger partial charge in [-0.15, -0.1) is 0 Å². The number of imide groups is 1. The Balaban J connectivity index is 2.24. The molecule has 2 aromatic carbocycles. The zero-order valence-corrected chi connectivity index (χ0v) is 14.3. The third-order valence-electron chi connectivity index (χ3n) is 4.24. The normalized spacial score (nSPS) is 13.6. The maximum atomic E-state index is 13.0. The highest BCUT2D eigenvalue weighted by atomic mass is 35.5. The van der Waals surface area contributed by atoms with Crippen LogP contribution < -0.4 is 4.90 Å². The van der Waals surface area contributed by atoms with Gasteiger partial charge in [0.1, 0.15) is 0 Å². The molecule has 0 bridgehead atoms. The zero-order valence-electron chi connectivity index (χ0n) is 13.6. The molecule has 122 valence electrons. The van der Waals surface area contributed by atoms with Gasteiger partial charge in [0.2, 0.25) is 0 Å². The summed E-state index contributed by atoms with van der Waals surface area (Å²) in [6.07, 6.45) is 0. The van der Waals surface area contributed by atoms with E-state index in [0.717, 1.165) is 11.1 Å². The molecule has 24 heavy (non-hydrogen) atoms. The van der Waals surface area contributed by atoms with Crippen molar-refractivity contribution in [3.63, 3.8) is 0 Å². The average Bonchev–Trinajstić information content (AvgIpc) is 2.79. The lowest BCUT2D eigenvalue weighted by Crippen LogP contribution is -2.31. The number of halogens is 1. The van der Waals surface area contributed by atoms with Crippen LogP contribution in [0.15, 0.2) is 36.4 Å². The van der Waals surface area contributed by atoms with Gasteiger partial charge in [-0.2, -0.15) is 0 Å². The number of benzene rings is 2. The summed E-state index contributed by atoms with van der Waals surface area (Å²) < 4.78 is 0. The number of carbonyl (C=O) groups excluding carboxylic acids is 3. The molecule has 2 aromatic rings. The van der Waals surface area contributed by atoms with Gasteiger partial charge >= 0.3 is 0 Å². The summed E-state index contributed by atoms with van der Waals surface area (Å²) in [6, 6.07) is 10.2. The summed E-state index contributed by atoms with van der Waals surface area (Å²) >= 11 is 5.59. The summed E-state index contributed by atoms with van der Waals surface area (Å²) in [4.78, 5) is 38.6. The van der Waals surface area contributed by atoms with E-state index < -0.39 is 17.1 Å². The van der Waals surface area contributed by atoms with Gasteiger partial charge in [0, 0.05) is 5.56 Å². The molecule has 1 heterocycles. The number of carbonyl (C=O) groups is 3. The maximum Gasteiger partial charge on any atom is 0.266 e. The van der Waals surface area contributed by atoms with Crippen LogP contribution in [0.1, 0.15) is 62.0 Å². The van der Waals surface area contributed by atoms with Gasteiger partial charge in [-0.3, -0.25) is 14.4 Å². The first-order chi connectivity index (χ1) is 11.3. The van der Waals surface area contributed by atoms with Crippen molar-refractivity contribution in [2.45, 2.75) is 26.7 Å². The molecule has 0 radical (unpaired) electrons. The van der Waals surface area contributed by atoms with E-state index in [0.29, 0.717) is 5.69 Å². The van der Waals surface area contributed by atoms with E-state index in [-0.39, 0.29) is 22.6 Å². The van der Waals surface area contributed by atoms with Gasteiger partial charge < -0.3 is 0 Å². The van der Waals surface area contributed by atoms with Crippen LogP contribution in [0.5, 0.6) is 0 Å². The second-order valence-corrected chi connectivity index (χ2v) is 6.46. The van der Waals surface area contributed by atoms with Crippen molar-refractivity contribution in [3.8, 4) is 0 Å². The van der Waals surface area contributed by atoms with E-state index in [1.807, 2.05) is 39.0 Å². The van der Waals surface area contributed by atoms with Crippen LogP contribution in [0.4, 0.5) is 5.69 Å². The lowest BCUT2D eigenvalue weighted by atomic mass is 9.97. The van der Waals surface area contributed by atoms with Gasteiger partial charge in [0.05, 0.1) is 16.8 Å². The molecule has 0 fully saturated rings. The van der Waals surface area contributed by atoms with Gasteiger partial charge in [-0.25, -0.2) is 4.90 Å². The lowest BCUT2D eigenvalue weighted by molar-refractivity contribution is 0.0922. The Hall–Kier alpha value is -2.46. The van der Waals surface area contributed by atoms with Crippen molar-refractivity contribution < 1.29 is 14.4 Å². The van der Waals surface area contributed by atoms with Crippen molar-refractivity contribution in [1.82, 2.24) is 0 Å². The molecular formula is C19H16ClNO3.